The van der Waals surface area contributed by atoms with Crippen LogP contribution >= 0.6 is 0 Å². The molecule has 0 aromatic heterocycles. The Kier molecular flexibility index (Phi) is 3.90. The zero-order chi connectivity index (χ0) is 9.68. The molecule has 1 aliphatic rings. The molecule has 0 aromatic rings. The fourth-order valence-electron chi connectivity index (χ4n) is 1.45. The van der Waals surface area contributed by atoms with Crippen LogP contribution < -0.4 is 5.32 Å². The number of carbonyl (C=O) groups is 1. The Morgan fingerprint density at radius 3 is 3.00 bits per heavy atom. The molecule has 0 aromatic carbocycles. The summed E-state index contributed by atoms with van der Waals surface area (Å²) < 4.78 is 0. The normalized spacial score (nSPS) is 24.0. The predicted octanol–water partition coefficient (Wildman–Crippen LogP) is 1.83. The number of allylic oxidation sites excluding steroid dienone is 2. The smallest absolute Gasteiger partial charge is 0.137 e. The van der Waals surface area contributed by atoms with E-state index in [4.69, 9.17) is 0 Å². The number of hydrogen-bond acceptors (Lipinski definition) is 2. The van der Waals surface area contributed by atoms with E-state index in [1.165, 1.54) is 11.1 Å². The first-order valence-corrected chi connectivity index (χ1v) is 4.81. The second kappa shape index (κ2) is 4.97. The van der Waals surface area contributed by atoms with Gasteiger partial charge >= 0.3 is 0 Å². The molecule has 0 bridgehead atoms. The van der Waals surface area contributed by atoms with E-state index in [2.05, 4.69) is 31.3 Å². The van der Waals surface area contributed by atoms with Gasteiger partial charge in [-0.2, -0.15) is 0 Å². The molecule has 1 unspecified atom stereocenters. The molecule has 1 N–H and O–H groups in total. The Morgan fingerprint density at radius 2 is 2.38 bits per heavy atom. The first kappa shape index (κ1) is 10.2. The van der Waals surface area contributed by atoms with Crippen LogP contribution in [-0.2, 0) is 4.79 Å². The van der Waals surface area contributed by atoms with Crippen LogP contribution in [0.15, 0.2) is 23.3 Å². The Balaban J connectivity index is 2.68. The Labute approximate surface area is 79.7 Å². The van der Waals surface area contributed by atoms with Crippen LogP contribution in [0.1, 0.15) is 26.7 Å². The van der Waals surface area contributed by atoms with Crippen molar-refractivity contribution in [1.29, 1.82) is 0 Å². The molecule has 0 spiro atoms. The van der Waals surface area contributed by atoms with Crippen molar-refractivity contribution in [2.45, 2.75) is 32.7 Å². The summed E-state index contributed by atoms with van der Waals surface area (Å²) in [6, 6.07) is 0.0141. The van der Waals surface area contributed by atoms with Gasteiger partial charge in [0.1, 0.15) is 6.29 Å². The summed E-state index contributed by atoms with van der Waals surface area (Å²) in [5, 5.41) is 3.17. The average Bonchev–Trinajstić information content (AvgIpc) is 2.17. The van der Waals surface area contributed by atoms with Gasteiger partial charge in [0.15, 0.2) is 0 Å². The lowest BCUT2D eigenvalue weighted by Crippen LogP contribution is -2.36. The second-order valence-corrected chi connectivity index (χ2v) is 3.44. The summed E-state index contributed by atoms with van der Waals surface area (Å²) in [5.74, 6) is 0. The fourth-order valence-corrected chi connectivity index (χ4v) is 1.45. The lowest BCUT2D eigenvalue weighted by Gasteiger charge is -2.21. The van der Waals surface area contributed by atoms with E-state index in [-0.39, 0.29) is 6.04 Å². The molecule has 2 heteroatoms. The molecule has 0 aliphatic carbocycles. The minimum atomic E-state index is 0.0141. The maximum atomic E-state index is 10.6. The molecule has 13 heavy (non-hydrogen) atoms. The first-order chi connectivity index (χ1) is 6.27. The van der Waals surface area contributed by atoms with Gasteiger partial charge in [0.05, 0.1) is 6.04 Å². The van der Waals surface area contributed by atoms with Gasteiger partial charge in [0, 0.05) is 6.54 Å². The third-order valence-corrected chi connectivity index (χ3v) is 2.34. The summed E-state index contributed by atoms with van der Waals surface area (Å²) in [4.78, 5) is 10.6. The molecular weight excluding hydrogens is 162 g/mol. The molecule has 1 atom stereocenters. The first-order valence-electron chi connectivity index (χ1n) is 4.81. The molecule has 0 amide bonds. The van der Waals surface area contributed by atoms with Crippen molar-refractivity contribution in [2.75, 3.05) is 6.54 Å². The van der Waals surface area contributed by atoms with Crippen LogP contribution in [0.25, 0.3) is 0 Å². The summed E-state index contributed by atoms with van der Waals surface area (Å²) in [7, 11) is 0. The number of aldehydes is 1. The maximum absolute atomic E-state index is 10.6. The van der Waals surface area contributed by atoms with Gasteiger partial charge in [-0.05, 0) is 25.3 Å². The Morgan fingerprint density at radius 1 is 1.62 bits per heavy atom. The SMILES string of the molecule is CC/C=C\C1=C(C)CNC(C=O)C1. The van der Waals surface area contributed by atoms with Gasteiger partial charge in [-0.1, -0.05) is 24.6 Å². The third-order valence-electron chi connectivity index (χ3n) is 2.34. The number of hydrogen-bond donors (Lipinski definition) is 1. The third kappa shape index (κ3) is 2.81. The molecule has 1 rings (SSSR count). The predicted molar refractivity (Wildman–Crippen MR) is 54.6 cm³/mol. The van der Waals surface area contributed by atoms with E-state index < -0.39 is 0 Å². The second-order valence-electron chi connectivity index (χ2n) is 3.44. The van der Waals surface area contributed by atoms with Gasteiger partial charge in [0.25, 0.3) is 0 Å². The molecule has 1 aliphatic heterocycles. The lowest BCUT2D eigenvalue weighted by molar-refractivity contribution is -0.109. The Hall–Kier alpha value is -0.890. The molecule has 2 nitrogen and oxygen atoms in total. The van der Waals surface area contributed by atoms with Crippen LogP contribution in [0.4, 0.5) is 0 Å². The van der Waals surface area contributed by atoms with Crippen LogP contribution in [0.2, 0.25) is 0 Å². The van der Waals surface area contributed by atoms with Crippen LogP contribution in [-0.4, -0.2) is 18.9 Å². The van der Waals surface area contributed by atoms with Crippen molar-refractivity contribution < 1.29 is 4.79 Å². The van der Waals surface area contributed by atoms with E-state index in [0.29, 0.717) is 0 Å². The summed E-state index contributed by atoms with van der Waals surface area (Å²) in [5.41, 5.74) is 2.67. The molecule has 0 fully saturated rings. The number of nitrogens with one attached hydrogen (secondary N) is 1. The van der Waals surface area contributed by atoms with Crippen LogP contribution in [0.3, 0.4) is 0 Å². The van der Waals surface area contributed by atoms with Gasteiger partial charge in [-0.25, -0.2) is 0 Å². The van der Waals surface area contributed by atoms with E-state index in [0.717, 1.165) is 25.7 Å². The molecule has 72 valence electrons. The zero-order valence-electron chi connectivity index (χ0n) is 8.34. The van der Waals surface area contributed by atoms with E-state index in [9.17, 15) is 4.79 Å². The largest absolute Gasteiger partial charge is 0.304 e. The Bertz CT molecular complexity index is 240. The monoisotopic (exact) mass is 179 g/mol. The van der Waals surface area contributed by atoms with Gasteiger partial charge in [0.2, 0.25) is 0 Å². The molecular formula is C11H17NO. The number of rotatable bonds is 3. The van der Waals surface area contributed by atoms with Crippen LogP contribution in [0, 0.1) is 0 Å². The summed E-state index contributed by atoms with van der Waals surface area (Å²) in [6.07, 6.45) is 7.17. The molecule has 0 saturated carbocycles. The quantitative estimate of drug-likeness (QED) is 0.670. The number of carbonyl (C=O) groups excluding carboxylic acids is 1. The van der Waals surface area contributed by atoms with Crippen molar-refractivity contribution in [1.82, 2.24) is 5.32 Å². The minimum Gasteiger partial charge on any atom is -0.304 e. The van der Waals surface area contributed by atoms with Crippen molar-refractivity contribution in [3.8, 4) is 0 Å². The summed E-state index contributed by atoms with van der Waals surface area (Å²) in [6.45, 7) is 5.07. The zero-order valence-corrected chi connectivity index (χ0v) is 8.34. The highest BCUT2D eigenvalue weighted by atomic mass is 16.1. The van der Waals surface area contributed by atoms with Crippen LogP contribution in [0.5, 0.6) is 0 Å². The average molecular weight is 179 g/mol. The lowest BCUT2D eigenvalue weighted by atomic mass is 9.97. The highest BCUT2D eigenvalue weighted by molar-refractivity contribution is 5.59. The highest BCUT2D eigenvalue weighted by Gasteiger charge is 2.15. The standard InChI is InChI=1S/C11H17NO/c1-3-4-5-10-6-11(8-13)12-7-9(10)2/h4-5,8,11-12H,3,6-7H2,1-2H3/b5-4-. The van der Waals surface area contributed by atoms with E-state index in [1.54, 1.807) is 0 Å². The van der Waals surface area contributed by atoms with Crippen molar-refractivity contribution in [2.24, 2.45) is 0 Å². The van der Waals surface area contributed by atoms with Gasteiger partial charge in [-0.3, -0.25) is 0 Å². The molecule has 1 heterocycles. The van der Waals surface area contributed by atoms with Gasteiger partial charge < -0.3 is 10.1 Å². The minimum absolute atomic E-state index is 0.0141. The summed E-state index contributed by atoms with van der Waals surface area (Å²) >= 11 is 0. The van der Waals surface area contributed by atoms with Crippen molar-refractivity contribution >= 4 is 6.29 Å². The topological polar surface area (TPSA) is 29.1 Å². The van der Waals surface area contributed by atoms with Crippen molar-refractivity contribution in [3.63, 3.8) is 0 Å². The van der Waals surface area contributed by atoms with Gasteiger partial charge in [-0.15, -0.1) is 0 Å². The maximum Gasteiger partial charge on any atom is 0.137 e. The van der Waals surface area contributed by atoms with Crippen molar-refractivity contribution in [3.05, 3.63) is 23.3 Å². The highest BCUT2D eigenvalue weighted by Crippen LogP contribution is 2.16. The fraction of sp³-hybridized carbons (Fsp3) is 0.545. The van der Waals surface area contributed by atoms with E-state index in [1.807, 2.05) is 0 Å². The van der Waals surface area contributed by atoms with E-state index >= 15 is 0 Å². The molecule has 0 radical (unpaired) electrons. The molecule has 0 saturated heterocycles.